The summed E-state index contributed by atoms with van der Waals surface area (Å²) in [6.45, 7) is 1.79. The highest BCUT2D eigenvalue weighted by Crippen LogP contribution is 2.14. The van der Waals surface area contributed by atoms with Crippen molar-refractivity contribution in [3.05, 3.63) is 54.3 Å². The summed E-state index contributed by atoms with van der Waals surface area (Å²) in [6, 6.07) is 13.0. The van der Waals surface area contributed by atoms with E-state index in [0.29, 0.717) is 12.1 Å². The number of carbonyl (C=O) groups excluding carboxylic acids is 2. The zero-order valence-electron chi connectivity index (χ0n) is 12.7. The number of nitrogens with one attached hydrogen (secondary N) is 3. The number of halogens is 1. The van der Waals surface area contributed by atoms with Gasteiger partial charge in [0.1, 0.15) is 5.82 Å². The number of carbonyl (C=O) groups is 2. The van der Waals surface area contributed by atoms with Crippen LogP contribution in [0.2, 0.25) is 0 Å². The molecule has 0 fully saturated rings. The lowest BCUT2D eigenvalue weighted by Gasteiger charge is -2.09. The molecule has 0 radical (unpaired) electrons. The van der Waals surface area contributed by atoms with Crippen molar-refractivity contribution in [3.63, 3.8) is 0 Å². The highest BCUT2D eigenvalue weighted by atomic mass is 19.1. The minimum Gasteiger partial charge on any atom is -0.376 e. The molecule has 120 valence electrons. The van der Waals surface area contributed by atoms with Gasteiger partial charge in [0, 0.05) is 17.8 Å². The van der Waals surface area contributed by atoms with Crippen molar-refractivity contribution in [1.82, 2.24) is 0 Å². The third-order valence-corrected chi connectivity index (χ3v) is 3.09. The van der Waals surface area contributed by atoms with Gasteiger partial charge in [-0.05, 0) is 36.4 Å². The van der Waals surface area contributed by atoms with Crippen molar-refractivity contribution in [2.45, 2.75) is 13.3 Å². The largest absolute Gasteiger partial charge is 0.376 e. The topological polar surface area (TPSA) is 70.2 Å². The van der Waals surface area contributed by atoms with Crippen LogP contribution >= 0.6 is 0 Å². The summed E-state index contributed by atoms with van der Waals surface area (Å²) in [5, 5.41) is 8.16. The van der Waals surface area contributed by atoms with Crippen molar-refractivity contribution in [2.75, 3.05) is 22.5 Å². The molecular weight excluding hydrogens is 297 g/mol. The molecule has 0 bridgehead atoms. The molecule has 3 N–H and O–H groups in total. The number of hydrogen-bond donors (Lipinski definition) is 3. The molecule has 0 aliphatic rings. The lowest BCUT2D eigenvalue weighted by atomic mass is 10.2. The molecule has 6 heteroatoms. The van der Waals surface area contributed by atoms with Crippen LogP contribution in [-0.4, -0.2) is 18.4 Å². The fraction of sp³-hybridized carbons (Fsp3) is 0.176. The van der Waals surface area contributed by atoms with Gasteiger partial charge in [-0.3, -0.25) is 9.59 Å². The zero-order valence-corrected chi connectivity index (χ0v) is 12.7. The number of hydrogen-bond acceptors (Lipinski definition) is 3. The zero-order chi connectivity index (χ0) is 16.7. The molecule has 0 aliphatic carbocycles. The summed E-state index contributed by atoms with van der Waals surface area (Å²) in [4.78, 5) is 23.1. The quantitative estimate of drug-likeness (QED) is 0.766. The molecule has 0 saturated heterocycles. The van der Waals surface area contributed by atoms with Gasteiger partial charge in [-0.15, -0.1) is 0 Å². The minimum absolute atomic E-state index is 0.00893. The maximum atomic E-state index is 13.4. The summed E-state index contributed by atoms with van der Waals surface area (Å²) in [7, 11) is 0. The van der Waals surface area contributed by atoms with Crippen molar-refractivity contribution in [2.24, 2.45) is 0 Å². The molecule has 2 aromatic rings. The molecule has 23 heavy (non-hydrogen) atoms. The molecule has 2 rings (SSSR count). The number of amides is 2. The minimum atomic E-state index is -0.475. The van der Waals surface area contributed by atoms with Gasteiger partial charge in [-0.1, -0.05) is 19.1 Å². The van der Waals surface area contributed by atoms with Crippen LogP contribution in [0.3, 0.4) is 0 Å². The van der Waals surface area contributed by atoms with Crippen LogP contribution in [0.1, 0.15) is 13.3 Å². The predicted octanol–water partition coefficient (Wildman–Crippen LogP) is 3.22. The lowest BCUT2D eigenvalue weighted by molar-refractivity contribution is -0.116. The van der Waals surface area contributed by atoms with Gasteiger partial charge < -0.3 is 16.0 Å². The maximum Gasteiger partial charge on any atom is 0.243 e. The Morgan fingerprint density at radius 2 is 1.57 bits per heavy atom. The molecule has 0 heterocycles. The first-order valence-corrected chi connectivity index (χ1v) is 7.26. The van der Waals surface area contributed by atoms with Crippen LogP contribution in [0.25, 0.3) is 0 Å². The van der Waals surface area contributed by atoms with Gasteiger partial charge in [-0.25, -0.2) is 4.39 Å². The average molecular weight is 315 g/mol. The summed E-state index contributed by atoms with van der Waals surface area (Å²) in [5.74, 6) is -0.884. The second-order valence-electron chi connectivity index (χ2n) is 4.86. The Balaban J connectivity index is 1.84. The summed E-state index contributed by atoms with van der Waals surface area (Å²) >= 11 is 0. The third-order valence-electron chi connectivity index (χ3n) is 3.09. The molecule has 5 nitrogen and oxygen atoms in total. The number of rotatable bonds is 6. The molecule has 0 atom stereocenters. The number of benzene rings is 2. The Bertz CT molecular complexity index is 686. The first kappa shape index (κ1) is 16.5. The van der Waals surface area contributed by atoms with E-state index in [4.69, 9.17) is 0 Å². The molecule has 0 aromatic heterocycles. The van der Waals surface area contributed by atoms with E-state index in [1.165, 1.54) is 12.1 Å². The van der Waals surface area contributed by atoms with E-state index in [-0.39, 0.29) is 24.0 Å². The van der Waals surface area contributed by atoms with Gasteiger partial charge in [-0.2, -0.15) is 0 Å². The second-order valence-corrected chi connectivity index (χ2v) is 4.86. The fourth-order valence-corrected chi connectivity index (χ4v) is 1.86. The Kier molecular flexibility index (Phi) is 5.68. The van der Waals surface area contributed by atoms with Crippen LogP contribution < -0.4 is 16.0 Å². The standard InChI is InChI=1S/C17H18FN3O2/c1-2-16(22)20-13-9-7-12(8-10-13)19-11-17(23)21-15-6-4-3-5-14(15)18/h3-10,19H,2,11H2,1H3,(H,20,22)(H,21,23). The van der Waals surface area contributed by atoms with E-state index in [0.717, 1.165) is 5.69 Å². The second kappa shape index (κ2) is 7.93. The van der Waals surface area contributed by atoms with Crippen LogP contribution in [-0.2, 0) is 9.59 Å². The third kappa shape index (κ3) is 5.10. The Morgan fingerprint density at radius 1 is 0.913 bits per heavy atom. The van der Waals surface area contributed by atoms with E-state index >= 15 is 0 Å². The van der Waals surface area contributed by atoms with Crippen molar-refractivity contribution >= 4 is 28.9 Å². The van der Waals surface area contributed by atoms with E-state index in [2.05, 4.69) is 16.0 Å². The maximum absolute atomic E-state index is 13.4. The molecule has 0 spiro atoms. The normalized spacial score (nSPS) is 10.0. The molecule has 0 saturated carbocycles. The SMILES string of the molecule is CCC(=O)Nc1ccc(NCC(=O)Nc2ccccc2F)cc1. The monoisotopic (exact) mass is 315 g/mol. The highest BCUT2D eigenvalue weighted by molar-refractivity contribution is 5.94. The fourth-order valence-electron chi connectivity index (χ4n) is 1.86. The van der Waals surface area contributed by atoms with Gasteiger partial charge in [0.2, 0.25) is 11.8 Å². The van der Waals surface area contributed by atoms with E-state index in [9.17, 15) is 14.0 Å². The van der Waals surface area contributed by atoms with E-state index in [1.807, 2.05) is 0 Å². The Labute approximate surface area is 133 Å². The predicted molar refractivity (Wildman–Crippen MR) is 88.9 cm³/mol. The first-order valence-electron chi connectivity index (χ1n) is 7.26. The van der Waals surface area contributed by atoms with E-state index in [1.54, 1.807) is 43.3 Å². The number of anilines is 3. The smallest absolute Gasteiger partial charge is 0.243 e. The van der Waals surface area contributed by atoms with Crippen LogP contribution in [0, 0.1) is 5.82 Å². The molecule has 0 aliphatic heterocycles. The lowest BCUT2D eigenvalue weighted by Crippen LogP contribution is -2.22. The van der Waals surface area contributed by atoms with Gasteiger partial charge in [0.05, 0.1) is 12.2 Å². The van der Waals surface area contributed by atoms with Crippen molar-refractivity contribution < 1.29 is 14.0 Å². The highest BCUT2D eigenvalue weighted by Gasteiger charge is 2.06. The molecule has 2 amide bonds. The van der Waals surface area contributed by atoms with Crippen LogP contribution in [0.4, 0.5) is 21.5 Å². The summed E-state index contributed by atoms with van der Waals surface area (Å²) in [5.41, 5.74) is 1.57. The first-order chi connectivity index (χ1) is 11.1. The Morgan fingerprint density at radius 3 is 2.22 bits per heavy atom. The van der Waals surface area contributed by atoms with Crippen LogP contribution in [0.15, 0.2) is 48.5 Å². The molecular formula is C17H18FN3O2. The van der Waals surface area contributed by atoms with E-state index < -0.39 is 5.82 Å². The summed E-state index contributed by atoms with van der Waals surface area (Å²) < 4.78 is 13.4. The van der Waals surface area contributed by atoms with Crippen molar-refractivity contribution in [3.8, 4) is 0 Å². The molecule has 0 unspecified atom stereocenters. The average Bonchev–Trinajstić information content (AvgIpc) is 2.56. The van der Waals surface area contributed by atoms with Gasteiger partial charge >= 0.3 is 0 Å². The van der Waals surface area contributed by atoms with Crippen LogP contribution in [0.5, 0.6) is 0 Å². The Hall–Kier alpha value is -2.89. The summed E-state index contributed by atoms with van der Waals surface area (Å²) in [6.07, 6.45) is 0.413. The van der Waals surface area contributed by atoms with Crippen molar-refractivity contribution in [1.29, 1.82) is 0 Å². The number of para-hydroxylation sites is 1. The van der Waals surface area contributed by atoms with Gasteiger partial charge in [0.25, 0.3) is 0 Å². The molecule has 2 aromatic carbocycles. The van der Waals surface area contributed by atoms with Gasteiger partial charge in [0.15, 0.2) is 0 Å².